The summed E-state index contributed by atoms with van der Waals surface area (Å²) in [5.41, 5.74) is 8.58. The van der Waals surface area contributed by atoms with Gasteiger partial charge in [-0.05, 0) is 62.9 Å². The Bertz CT molecular complexity index is 542. The van der Waals surface area contributed by atoms with Crippen LogP contribution in [0.3, 0.4) is 0 Å². The molecule has 3 N–H and O–H groups in total. The van der Waals surface area contributed by atoms with Crippen molar-refractivity contribution in [1.82, 2.24) is 5.32 Å². The van der Waals surface area contributed by atoms with Gasteiger partial charge in [0.1, 0.15) is 17.4 Å². The monoisotopic (exact) mass is 290 g/mol. The van der Waals surface area contributed by atoms with Crippen LogP contribution < -0.4 is 15.8 Å². The molecule has 2 atom stereocenters. The summed E-state index contributed by atoms with van der Waals surface area (Å²) in [4.78, 5) is 11.8. The summed E-state index contributed by atoms with van der Waals surface area (Å²) in [5.74, 6) is 0.655. The second kappa shape index (κ2) is 6.06. The first kappa shape index (κ1) is 15.8. The predicted molar refractivity (Wildman–Crippen MR) is 84.5 cm³/mol. The van der Waals surface area contributed by atoms with Crippen LogP contribution in [0.4, 0.5) is 0 Å². The van der Waals surface area contributed by atoms with Crippen molar-refractivity contribution in [3.63, 3.8) is 0 Å². The van der Waals surface area contributed by atoms with Crippen molar-refractivity contribution in [2.45, 2.75) is 58.6 Å². The molecule has 4 nitrogen and oxygen atoms in total. The topological polar surface area (TPSA) is 64.3 Å². The van der Waals surface area contributed by atoms with Gasteiger partial charge in [0.2, 0.25) is 5.91 Å². The van der Waals surface area contributed by atoms with Crippen LogP contribution in [-0.4, -0.2) is 24.1 Å². The molecule has 2 rings (SSSR count). The Morgan fingerprint density at radius 3 is 2.76 bits per heavy atom. The van der Waals surface area contributed by atoms with Gasteiger partial charge >= 0.3 is 0 Å². The molecule has 4 heteroatoms. The Kier molecular flexibility index (Phi) is 4.57. The fourth-order valence-electron chi connectivity index (χ4n) is 3.21. The highest BCUT2D eigenvalue weighted by Crippen LogP contribution is 2.34. The Morgan fingerprint density at radius 2 is 2.14 bits per heavy atom. The third kappa shape index (κ3) is 3.21. The second-order valence-corrected chi connectivity index (χ2v) is 6.16. The third-order valence-corrected chi connectivity index (χ3v) is 4.51. The molecule has 2 unspecified atom stereocenters. The number of amides is 1. The molecule has 1 aromatic carbocycles. The van der Waals surface area contributed by atoms with Crippen molar-refractivity contribution in [2.24, 2.45) is 5.73 Å². The quantitative estimate of drug-likeness (QED) is 0.875. The Morgan fingerprint density at radius 1 is 1.43 bits per heavy atom. The van der Waals surface area contributed by atoms with Gasteiger partial charge in [0.25, 0.3) is 0 Å². The SMILES string of the molecule is CCNC1(C(N)=O)CCC(Oc2cc(C)cc(C)c2C)C1. The normalized spacial score (nSPS) is 25.0. The van der Waals surface area contributed by atoms with Gasteiger partial charge in [-0.25, -0.2) is 0 Å². The number of nitrogens with one attached hydrogen (secondary N) is 1. The zero-order chi connectivity index (χ0) is 15.6. The van der Waals surface area contributed by atoms with Crippen LogP contribution >= 0.6 is 0 Å². The number of aryl methyl sites for hydroxylation is 2. The van der Waals surface area contributed by atoms with Crippen LogP contribution in [0.1, 0.15) is 42.9 Å². The Hall–Kier alpha value is -1.55. The molecule has 0 heterocycles. The van der Waals surface area contributed by atoms with Crippen LogP contribution in [0, 0.1) is 20.8 Å². The largest absolute Gasteiger partial charge is 0.490 e. The van der Waals surface area contributed by atoms with Crippen molar-refractivity contribution in [1.29, 1.82) is 0 Å². The number of rotatable bonds is 5. The predicted octanol–water partition coefficient (Wildman–Crippen LogP) is 2.38. The molecular weight excluding hydrogens is 264 g/mol. The maximum Gasteiger partial charge on any atom is 0.237 e. The molecule has 0 bridgehead atoms. The van der Waals surface area contributed by atoms with E-state index in [1.165, 1.54) is 16.7 Å². The zero-order valence-electron chi connectivity index (χ0n) is 13.5. The molecule has 1 aromatic rings. The number of ether oxygens (including phenoxy) is 1. The fourth-order valence-corrected chi connectivity index (χ4v) is 3.21. The minimum absolute atomic E-state index is 0.0384. The lowest BCUT2D eigenvalue weighted by Crippen LogP contribution is -2.54. The summed E-state index contributed by atoms with van der Waals surface area (Å²) in [6, 6.07) is 4.23. The summed E-state index contributed by atoms with van der Waals surface area (Å²) in [7, 11) is 0. The van der Waals surface area contributed by atoms with Crippen LogP contribution in [-0.2, 0) is 4.79 Å². The van der Waals surface area contributed by atoms with E-state index in [-0.39, 0.29) is 12.0 Å². The average Bonchev–Trinajstić information content (AvgIpc) is 2.80. The van der Waals surface area contributed by atoms with E-state index in [1.807, 2.05) is 6.92 Å². The van der Waals surface area contributed by atoms with E-state index in [0.717, 1.165) is 25.1 Å². The Labute approximate surface area is 127 Å². The summed E-state index contributed by atoms with van der Waals surface area (Å²) >= 11 is 0. The van der Waals surface area contributed by atoms with Gasteiger partial charge in [0.05, 0.1) is 0 Å². The molecule has 0 radical (unpaired) electrons. The van der Waals surface area contributed by atoms with E-state index in [0.29, 0.717) is 6.42 Å². The lowest BCUT2D eigenvalue weighted by Gasteiger charge is -2.26. The lowest BCUT2D eigenvalue weighted by atomic mass is 9.96. The first-order chi connectivity index (χ1) is 9.88. The number of hydrogen-bond acceptors (Lipinski definition) is 3. The van der Waals surface area contributed by atoms with Crippen molar-refractivity contribution in [3.05, 3.63) is 28.8 Å². The van der Waals surface area contributed by atoms with Gasteiger partial charge in [-0.1, -0.05) is 13.0 Å². The Balaban J connectivity index is 2.14. The van der Waals surface area contributed by atoms with Gasteiger partial charge in [-0.2, -0.15) is 0 Å². The summed E-state index contributed by atoms with van der Waals surface area (Å²) < 4.78 is 6.17. The number of benzene rings is 1. The number of carbonyl (C=O) groups is 1. The van der Waals surface area contributed by atoms with Crippen LogP contribution in [0.15, 0.2) is 12.1 Å². The highest BCUT2D eigenvalue weighted by atomic mass is 16.5. The maximum absolute atomic E-state index is 11.8. The molecule has 0 aromatic heterocycles. The summed E-state index contributed by atoms with van der Waals surface area (Å²) in [6.07, 6.45) is 2.27. The highest BCUT2D eigenvalue weighted by molar-refractivity contribution is 5.85. The number of carbonyl (C=O) groups excluding carboxylic acids is 1. The van der Waals surface area contributed by atoms with Crippen molar-refractivity contribution in [3.8, 4) is 5.75 Å². The first-order valence-corrected chi connectivity index (χ1v) is 7.67. The third-order valence-electron chi connectivity index (χ3n) is 4.51. The van der Waals surface area contributed by atoms with Crippen molar-refractivity contribution in [2.75, 3.05) is 6.54 Å². The number of primary amides is 1. The van der Waals surface area contributed by atoms with E-state index < -0.39 is 5.54 Å². The van der Waals surface area contributed by atoms with Gasteiger partial charge in [-0.3, -0.25) is 4.79 Å². The first-order valence-electron chi connectivity index (χ1n) is 7.67. The molecular formula is C17H26N2O2. The smallest absolute Gasteiger partial charge is 0.237 e. The molecule has 1 amide bonds. The van der Waals surface area contributed by atoms with E-state index >= 15 is 0 Å². The van der Waals surface area contributed by atoms with E-state index in [2.05, 4.69) is 38.2 Å². The van der Waals surface area contributed by atoms with Gasteiger partial charge in [0, 0.05) is 6.42 Å². The zero-order valence-corrected chi connectivity index (χ0v) is 13.5. The fraction of sp³-hybridized carbons (Fsp3) is 0.588. The maximum atomic E-state index is 11.8. The number of likely N-dealkylation sites (N-methyl/N-ethyl adjacent to an activating group) is 1. The van der Waals surface area contributed by atoms with Crippen LogP contribution in [0.5, 0.6) is 5.75 Å². The van der Waals surface area contributed by atoms with E-state index in [4.69, 9.17) is 10.5 Å². The minimum atomic E-state index is -0.605. The average molecular weight is 290 g/mol. The molecule has 1 fully saturated rings. The molecule has 1 aliphatic rings. The lowest BCUT2D eigenvalue weighted by molar-refractivity contribution is -0.124. The van der Waals surface area contributed by atoms with Gasteiger partial charge in [0.15, 0.2) is 0 Å². The standard InChI is InChI=1S/C17H26N2O2/c1-5-19-17(16(18)20)7-6-14(10-17)21-15-9-11(2)8-12(3)13(15)4/h8-9,14,19H,5-7,10H2,1-4H3,(H2,18,20). The molecule has 0 spiro atoms. The van der Waals surface area contributed by atoms with Crippen molar-refractivity contribution < 1.29 is 9.53 Å². The number of hydrogen-bond donors (Lipinski definition) is 2. The molecule has 1 saturated carbocycles. The highest BCUT2D eigenvalue weighted by Gasteiger charge is 2.44. The number of nitrogens with two attached hydrogens (primary N) is 1. The van der Waals surface area contributed by atoms with E-state index in [9.17, 15) is 4.79 Å². The molecule has 1 aliphatic carbocycles. The van der Waals surface area contributed by atoms with Crippen LogP contribution in [0.2, 0.25) is 0 Å². The molecule has 0 aliphatic heterocycles. The van der Waals surface area contributed by atoms with Crippen LogP contribution in [0.25, 0.3) is 0 Å². The minimum Gasteiger partial charge on any atom is -0.490 e. The van der Waals surface area contributed by atoms with Gasteiger partial charge < -0.3 is 15.8 Å². The summed E-state index contributed by atoms with van der Waals surface area (Å²) in [6.45, 7) is 8.96. The molecule has 116 valence electrons. The van der Waals surface area contributed by atoms with Crippen molar-refractivity contribution >= 4 is 5.91 Å². The molecule has 0 saturated heterocycles. The van der Waals surface area contributed by atoms with Gasteiger partial charge in [-0.15, -0.1) is 0 Å². The second-order valence-electron chi connectivity index (χ2n) is 6.16. The molecule has 21 heavy (non-hydrogen) atoms. The summed E-state index contributed by atoms with van der Waals surface area (Å²) in [5, 5.41) is 3.26. The van der Waals surface area contributed by atoms with E-state index in [1.54, 1.807) is 0 Å².